The molecule has 2 aromatic rings. The average molecular weight is 300 g/mol. The minimum Gasteiger partial charge on any atom is -0.496 e. The van der Waals surface area contributed by atoms with E-state index in [9.17, 15) is 4.39 Å². The molecule has 1 atom stereocenters. The van der Waals surface area contributed by atoms with E-state index in [1.165, 1.54) is 13.2 Å². The normalized spacial score (nSPS) is 12.3. The lowest BCUT2D eigenvalue weighted by Gasteiger charge is -2.17. The van der Waals surface area contributed by atoms with Gasteiger partial charge in [-0.25, -0.2) is 4.39 Å². The fourth-order valence-corrected chi connectivity index (χ4v) is 2.21. The largest absolute Gasteiger partial charge is 0.496 e. The van der Waals surface area contributed by atoms with Gasteiger partial charge in [0, 0.05) is 21.2 Å². The maximum Gasteiger partial charge on any atom is 0.129 e. The Balaban J connectivity index is 2.49. The third kappa shape index (κ3) is 3.00. The summed E-state index contributed by atoms with van der Waals surface area (Å²) in [6.07, 6.45) is 0. The SMILES string of the molecule is COc1ccc(Cl)cc1C(N)c1ccc(Cl)cc1F. The van der Waals surface area contributed by atoms with Gasteiger partial charge in [0.25, 0.3) is 0 Å². The first-order valence-corrected chi connectivity index (χ1v) is 6.32. The van der Waals surface area contributed by atoms with Gasteiger partial charge in [-0.05, 0) is 30.3 Å². The molecule has 5 heteroatoms. The lowest BCUT2D eigenvalue weighted by molar-refractivity contribution is 0.407. The Kier molecular flexibility index (Phi) is 4.30. The van der Waals surface area contributed by atoms with Crippen LogP contribution in [0, 0.1) is 5.82 Å². The van der Waals surface area contributed by atoms with Gasteiger partial charge >= 0.3 is 0 Å². The zero-order valence-corrected chi connectivity index (χ0v) is 11.7. The van der Waals surface area contributed by atoms with Crippen LogP contribution in [0.25, 0.3) is 0 Å². The van der Waals surface area contributed by atoms with Crippen molar-refractivity contribution >= 4 is 23.2 Å². The predicted octanol–water partition coefficient (Wildman–Crippen LogP) is 4.19. The number of benzene rings is 2. The molecule has 1 unspecified atom stereocenters. The molecule has 0 aliphatic rings. The van der Waals surface area contributed by atoms with Gasteiger partial charge in [-0.2, -0.15) is 0 Å². The van der Waals surface area contributed by atoms with Crippen LogP contribution in [0.3, 0.4) is 0 Å². The third-order valence-electron chi connectivity index (χ3n) is 2.82. The molecule has 0 amide bonds. The number of halogens is 3. The standard InChI is InChI=1S/C14H12Cl2FNO/c1-19-13-5-3-8(15)6-11(13)14(18)10-4-2-9(16)7-12(10)17/h2-7,14H,18H2,1H3. The number of nitrogens with two attached hydrogens (primary N) is 1. The molecular weight excluding hydrogens is 288 g/mol. The lowest BCUT2D eigenvalue weighted by atomic mass is 9.98. The highest BCUT2D eigenvalue weighted by molar-refractivity contribution is 6.31. The molecule has 2 nitrogen and oxygen atoms in total. The van der Waals surface area contributed by atoms with Crippen molar-refractivity contribution in [3.05, 3.63) is 63.4 Å². The molecule has 0 aliphatic carbocycles. The minimum absolute atomic E-state index is 0.325. The van der Waals surface area contributed by atoms with Crippen LogP contribution in [0.1, 0.15) is 17.2 Å². The van der Waals surface area contributed by atoms with Gasteiger partial charge in [0.15, 0.2) is 0 Å². The zero-order chi connectivity index (χ0) is 14.0. The van der Waals surface area contributed by atoms with Crippen LogP contribution in [0.5, 0.6) is 5.75 Å². The molecular formula is C14H12Cl2FNO. The summed E-state index contributed by atoms with van der Waals surface area (Å²) in [4.78, 5) is 0. The summed E-state index contributed by atoms with van der Waals surface area (Å²) >= 11 is 11.7. The van der Waals surface area contributed by atoms with E-state index >= 15 is 0 Å². The molecule has 0 fully saturated rings. The van der Waals surface area contributed by atoms with Gasteiger partial charge in [0.1, 0.15) is 11.6 Å². The van der Waals surface area contributed by atoms with E-state index in [1.54, 1.807) is 30.3 Å². The maximum atomic E-state index is 13.9. The zero-order valence-electron chi connectivity index (χ0n) is 10.2. The Hall–Kier alpha value is -1.29. The Labute approximate surface area is 120 Å². The van der Waals surface area contributed by atoms with Crippen LogP contribution >= 0.6 is 23.2 Å². The van der Waals surface area contributed by atoms with Crippen molar-refractivity contribution < 1.29 is 9.13 Å². The second-order valence-electron chi connectivity index (χ2n) is 4.03. The van der Waals surface area contributed by atoms with E-state index in [0.29, 0.717) is 26.9 Å². The highest BCUT2D eigenvalue weighted by Gasteiger charge is 2.18. The molecule has 100 valence electrons. The Morgan fingerprint density at radius 2 is 1.68 bits per heavy atom. The molecule has 0 saturated carbocycles. The van der Waals surface area contributed by atoms with Gasteiger partial charge in [0.05, 0.1) is 13.2 Å². The molecule has 2 N–H and O–H groups in total. The summed E-state index contributed by atoms with van der Waals surface area (Å²) in [5, 5.41) is 0.840. The van der Waals surface area contributed by atoms with E-state index in [0.717, 1.165) is 0 Å². The molecule has 0 radical (unpaired) electrons. The number of rotatable bonds is 3. The van der Waals surface area contributed by atoms with E-state index < -0.39 is 11.9 Å². The molecule has 2 aromatic carbocycles. The molecule has 0 bridgehead atoms. The van der Waals surface area contributed by atoms with Crippen molar-refractivity contribution in [2.75, 3.05) is 7.11 Å². The van der Waals surface area contributed by atoms with Crippen molar-refractivity contribution in [3.8, 4) is 5.75 Å². The monoisotopic (exact) mass is 299 g/mol. The fourth-order valence-electron chi connectivity index (χ4n) is 1.87. The number of hydrogen-bond donors (Lipinski definition) is 1. The fraction of sp³-hybridized carbons (Fsp3) is 0.143. The van der Waals surface area contributed by atoms with Crippen LogP contribution < -0.4 is 10.5 Å². The van der Waals surface area contributed by atoms with Gasteiger partial charge in [-0.15, -0.1) is 0 Å². The van der Waals surface area contributed by atoms with Crippen molar-refractivity contribution in [2.24, 2.45) is 5.73 Å². The van der Waals surface area contributed by atoms with Crippen molar-refractivity contribution in [1.82, 2.24) is 0 Å². The predicted molar refractivity (Wildman–Crippen MR) is 75.4 cm³/mol. The van der Waals surface area contributed by atoms with E-state index in [1.807, 2.05) is 0 Å². The molecule has 0 saturated heterocycles. The first-order chi connectivity index (χ1) is 9.02. The minimum atomic E-state index is -0.675. The summed E-state index contributed by atoms with van der Waals surface area (Å²) in [7, 11) is 1.53. The topological polar surface area (TPSA) is 35.2 Å². The molecule has 2 rings (SSSR count). The molecule has 0 heterocycles. The van der Waals surface area contributed by atoms with Crippen LogP contribution in [-0.2, 0) is 0 Å². The van der Waals surface area contributed by atoms with Gasteiger partial charge in [0.2, 0.25) is 0 Å². The second kappa shape index (κ2) is 5.78. The third-order valence-corrected chi connectivity index (χ3v) is 3.29. The Morgan fingerprint density at radius 1 is 1.05 bits per heavy atom. The quantitative estimate of drug-likeness (QED) is 0.922. The Bertz CT molecular complexity index is 604. The summed E-state index contributed by atoms with van der Waals surface area (Å²) in [6, 6.07) is 8.76. The molecule has 19 heavy (non-hydrogen) atoms. The highest BCUT2D eigenvalue weighted by Crippen LogP contribution is 2.32. The number of hydrogen-bond acceptors (Lipinski definition) is 2. The molecule has 0 aromatic heterocycles. The summed E-state index contributed by atoms with van der Waals surface area (Å²) in [5.74, 6) is 0.105. The number of ether oxygens (including phenoxy) is 1. The summed E-state index contributed by atoms with van der Waals surface area (Å²) in [5.41, 5.74) is 7.05. The van der Waals surface area contributed by atoms with Gasteiger partial charge < -0.3 is 10.5 Å². The van der Waals surface area contributed by atoms with Crippen LogP contribution in [0.15, 0.2) is 36.4 Å². The first kappa shape index (κ1) is 14.1. The summed E-state index contributed by atoms with van der Waals surface area (Å²) in [6.45, 7) is 0. The number of methoxy groups -OCH3 is 1. The van der Waals surface area contributed by atoms with Crippen molar-refractivity contribution in [3.63, 3.8) is 0 Å². The van der Waals surface area contributed by atoms with E-state index in [-0.39, 0.29) is 0 Å². The van der Waals surface area contributed by atoms with Gasteiger partial charge in [-0.3, -0.25) is 0 Å². The van der Waals surface area contributed by atoms with Crippen LogP contribution in [0.4, 0.5) is 4.39 Å². The van der Waals surface area contributed by atoms with Crippen LogP contribution in [-0.4, -0.2) is 7.11 Å². The van der Waals surface area contributed by atoms with Crippen LogP contribution in [0.2, 0.25) is 10.0 Å². The second-order valence-corrected chi connectivity index (χ2v) is 4.90. The Morgan fingerprint density at radius 3 is 2.32 bits per heavy atom. The first-order valence-electron chi connectivity index (χ1n) is 5.57. The summed E-state index contributed by atoms with van der Waals surface area (Å²) < 4.78 is 19.1. The van der Waals surface area contributed by atoms with E-state index in [4.69, 9.17) is 33.7 Å². The molecule has 0 aliphatic heterocycles. The molecule has 0 spiro atoms. The lowest BCUT2D eigenvalue weighted by Crippen LogP contribution is -2.14. The van der Waals surface area contributed by atoms with Crippen molar-refractivity contribution in [2.45, 2.75) is 6.04 Å². The van der Waals surface area contributed by atoms with E-state index in [2.05, 4.69) is 0 Å². The highest BCUT2D eigenvalue weighted by atomic mass is 35.5. The average Bonchev–Trinajstić information content (AvgIpc) is 2.38. The maximum absolute atomic E-state index is 13.9. The van der Waals surface area contributed by atoms with Crippen molar-refractivity contribution in [1.29, 1.82) is 0 Å². The van der Waals surface area contributed by atoms with Gasteiger partial charge in [-0.1, -0.05) is 29.3 Å². The smallest absolute Gasteiger partial charge is 0.129 e.